The van der Waals surface area contributed by atoms with Crippen molar-refractivity contribution < 1.29 is 4.74 Å². The smallest absolute Gasteiger partial charge is 0.331 e. The molecule has 2 heterocycles. The summed E-state index contributed by atoms with van der Waals surface area (Å²) in [6.07, 6.45) is 3.31. The molecule has 4 rings (SSSR count). The van der Waals surface area contributed by atoms with Gasteiger partial charge in [0, 0.05) is 12.3 Å². The van der Waals surface area contributed by atoms with Gasteiger partial charge < -0.3 is 9.72 Å². The maximum Gasteiger partial charge on any atom is 0.331 e. The van der Waals surface area contributed by atoms with Crippen LogP contribution in [0.5, 0.6) is 11.5 Å². The van der Waals surface area contributed by atoms with Crippen LogP contribution in [0.3, 0.4) is 0 Å². The largest absolute Gasteiger partial charge is 0.457 e. The van der Waals surface area contributed by atoms with Crippen molar-refractivity contribution in [3.63, 3.8) is 0 Å². The van der Waals surface area contributed by atoms with Crippen LogP contribution in [-0.4, -0.2) is 14.5 Å². The van der Waals surface area contributed by atoms with Gasteiger partial charge in [0.25, 0.3) is 0 Å². The standard InChI is InChI=1S/C18H13N3O2/c22-18-20-16-9-10-19-12-17(16)21(18)13-5-4-8-15(11-13)23-14-6-2-1-3-7-14/h1-12H,(H,20,22). The zero-order valence-corrected chi connectivity index (χ0v) is 12.1. The third-order valence-corrected chi connectivity index (χ3v) is 3.54. The van der Waals surface area contributed by atoms with Crippen molar-refractivity contribution in [1.82, 2.24) is 14.5 Å². The zero-order chi connectivity index (χ0) is 15.6. The number of hydrogen-bond donors (Lipinski definition) is 1. The molecule has 23 heavy (non-hydrogen) atoms. The van der Waals surface area contributed by atoms with Crippen molar-refractivity contribution in [3.05, 3.63) is 83.5 Å². The molecule has 0 aliphatic heterocycles. The van der Waals surface area contributed by atoms with Gasteiger partial charge in [0.1, 0.15) is 11.5 Å². The van der Waals surface area contributed by atoms with E-state index in [0.29, 0.717) is 5.75 Å². The van der Waals surface area contributed by atoms with E-state index in [-0.39, 0.29) is 5.69 Å². The van der Waals surface area contributed by atoms with Gasteiger partial charge in [-0.15, -0.1) is 0 Å². The molecule has 2 aromatic carbocycles. The molecule has 0 radical (unpaired) electrons. The molecule has 0 unspecified atom stereocenters. The predicted molar refractivity (Wildman–Crippen MR) is 88.2 cm³/mol. The minimum atomic E-state index is -0.204. The van der Waals surface area contributed by atoms with Crippen LogP contribution in [0.2, 0.25) is 0 Å². The Kier molecular flexibility index (Phi) is 3.16. The molecule has 0 fully saturated rings. The second-order valence-corrected chi connectivity index (χ2v) is 5.07. The molecule has 1 N–H and O–H groups in total. The number of hydrogen-bond acceptors (Lipinski definition) is 3. The Morgan fingerprint density at radius 2 is 1.78 bits per heavy atom. The van der Waals surface area contributed by atoms with E-state index in [2.05, 4.69) is 9.97 Å². The van der Waals surface area contributed by atoms with Crippen LogP contribution in [0.4, 0.5) is 0 Å². The summed E-state index contributed by atoms with van der Waals surface area (Å²) >= 11 is 0. The Morgan fingerprint density at radius 3 is 2.65 bits per heavy atom. The third-order valence-electron chi connectivity index (χ3n) is 3.54. The highest BCUT2D eigenvalue weighted by molar-refractivity contribution is 5.76. The summed E-state index contributed by atoms with van der Waals surface area (Å²) in [5, 5.41) is 0. The monoisotopic (exact) mass is 303 g/mol. The maximum absolute atomic E-state index is 12.2. The van der Waals surface area contributed by atoms with Crippen LogP contribution in [0, 0.1) is 0 Å². The number of H-pyrrole nitrogens is 1. The van der Waals surface area contributed by atoms with E-state index >= 15 is 0 Å². The van der Waals surface area contributed by atoms with E-state index in [9.17, 15) is 4.79 Å². The molecule has 0 atom stereocenters. The summed E-state index contributed by atoms with van der Waals surface area (Å²) < 4.78 is 7.41. The SMILES string of the molecule is O=c1[nH]c2ccncc2n1-c1cccc(Oc2ccccc2)c1. The lowest BCUT2D eigenvalue weighted by Crippen LogP contribution is -2.14. The highest BCUT2D eigenvalue weighted by Gasteiger charge is 2.09. The second-order valence-electron chi connectivity index (χ2n) is 5.07. The predicted octanol–water partition coefficient (Wildman–Crippen LogP) is 3.51. The van der Waals surface area contributed by atoms with E-state index < -0.39 is 0 Å². The van der Waals surface area contributed by atoms with Crippen molar-refractivity contribution >= 4 is 11.0 Å². The van der Waals surface area contributed by atoms with Gasteiger partial charge in [-0.2, -0.15) is 0 Å². The number of aromatic nitrogens is 3. The topological polar surface area (TPSA) is 59.9 Å². The van der Waals surface area contributed by atoms with Gasteiger partial charge in [0.15, 0.2) is 0 Å². The molecule has 0 amide bonds. The first-order valence-electron chi connectivity index (χ1n) is 7.19. The number of rotatable bonds is 3. The number of benzene rings is 2. The van der Waals surface area contributed by atoms with Gasteiger partial charge in [0.2, 0.25) is 0 Å². The second kappa shape index (κ2) is 5.46. The number of ether oxygens (including phenoxy) is 1. The van der Waals surface area contributed by atoms with Crippen molar-refractivity contribution in [1.29, 1.82) is 0 Å². The van der Waals surface area contributed by atoms with Crippen molar-refractivity contribution in [2.24, 2.45) is 0 Å². The van der Waals surface area contributed by atoms with Crippen LogP contribution in [0.1, 0.15) is 0 Å². The number of pyridine rings is 1. The molecule has 0 saturated heterocycles. The van der Waals surface area contributed by atoms with Gasteiger partial charge in [-0.3, -0.25) is 9.55 Å². The number of nitrogens with one attached hydrogen (secondary N) is 1. The lowest BCUT2D eigenvalue weighted by atomic mass is 10.3. The fourth-order valence-electron chi connectivity index (χ4n) is 2.52. The van der Waals surface area contributed by atoms with E-state index in [1.165, 1.54) is 0 Å². The summed E-state index contributed by atoms with van der Waals surface area (Å²) in [7, 11) is 0. The molecule has 4 aromatic rings. The molecule has 2 aromatic heterocycles. The summed E-state index contributed by atoms with van der Waals surface area (Å²) in [5.41, 5.74) is 2.00. The Labute approximate surface area is 131 Å². The van der Waals surface area contributed by atoms with Gasteiger partial charge in [-0.1, -0.05) is 24.3 Å². The molecule has 0 aliphatic rings. The van der Waals surface area contributed by atoms with Crippen molar-refractivity contribution in [2.45, 2.75) is 0 Å². The quantitative estimate of drug-likeness (QED) is 0.630. The van der Waals surface area contributed by atoms with E-state index in [1.54, 1.807) is 23.0 Å². The summed E-state index contributed by atoms with van der Waals surface area (Å²) in [4.78, 5) is 19.2. The van der Waals surface area contributed by atoms with Crippen LogP contribution in [0.25, 0.3) is 16.7 Å². The minimum absolute atomic E-state index is 0.204. The fourth-order valence-corrected chi connectivity index (χ4v) is 2.52. The molecule has 5 nitrogen and oxygen atoms in total. The number of fused-ring (bicyclic) bond motifs is 1. The molecule has 0 spiro atoms. The van der Waals surface area contributed by atoms with Crippen LogP contribution in [0.15, 0.2) is 77.9 Å². The normalized spacial score (nSPS) is 10.8. The van der Waals surface area contributed by atoms with Crippen molar-refractivity contribution in [2.75, 3.05) is 0 Å². The van der Waals surface area contributed by atoms with Crippen molar-refractivity contribution in [3.8, 4) is 17.2 Å². The molecular formula is C18H13N3O2. The lowest BCUT2D eigenvalue weighted by Gasteiger charge is -2.08. The highest BCUT2D eigenvalue weighted by Crippen LogP contribution is 2.24. The first kappa shape index (κ1) is 13.3. The molecular weight excluding hydrogens is 290 g/mol. The number of para-hydroxylation sites is 1. The molecule has 5 heteroatoms. The molecule has 0 bridgehead atoms. The van der Waals surface area contributed by atoms with Gasteiger partial charge >= 0.3 is 5.69 Å². The summed E-state index contributed by atoms with van der Waals surface area (Å²) in [6, 6.07) is 18.7. The average molecular weight is 303 g/mol. The first-order chi connectivity index (χ1) is 11.3. The van der Waals surface area contributed by atoms with Gasteiger partial charge in [0.05, 0.1) is 22.9 Å². The van der Waals surface area contributed by atoms with Crippen LogP contribution in [-0.2, 0) is 0 Å². The van der Waals surface area contributed by atoms with E-state index in [4.69, 9.17) is 4.74 Å². The Bertz CT molecular complexity index is 1020. The third kappa shape index (κ3) is 2.48. The Balaban J connectivity index is 1.79. The number of nitrogens with zero attached hydrogens (tertiary/aromatic N) is 2. The first-order valence-corrected chi connectivity index (χ1v) is 7.19. The lowest BCUT2D eigenvalue weighted by molar-refractivity contribution is 0.482. The molecule has 112 valence electrons. The Morgan fingerprint density at radius 1 is 0.957 bits per heavy atom. The maximum atomic E-state index is 12.2. The van der Waals surface area contributed by atoms with E-state index in [1.807, 2.05) is 54.6 Å². The van der Waals surface area contributed by atoms with Crippen LogP contribution >= 0.6 is 0 Å². The highest BCUT2D eigenvalue weighted by atomic mass is 16.5. The summed E-state index contributed by atoms with van der Waals surface area (Å²) in [5.74, 6) is 1.41. The molecule has 0 saturated carbocycles. The fraction of sp³-hybridized carbons (Fsp3) is 0. The minimum Gasteiger partial charge on any atom is -0.457 e. The van der Waals surface area contributed by atoms with Crippen LogP contribution < -0.4 is 10.4 Å². The summed E-state index contributed by atoms with van der Waals surface area (Å²) in [6.45, 7) is 0. The average Bonchev–Trinajstić information content (AvgIpc) is 2.92. The molecule has 0 aliphatic carbocycles. The Hall–Kier alpha value is -3.34. The van der Waals surface area contributed by atoms with E-state index in [0.717, 1.165) is 22.5 Å². The number of imidazole rings is 1. The van der Waals surface area contributed by atoms with Gasteiger partial charge in [-0.05, 0) is 30.3 Å². The van der Waals surface area contributed by atoms with Gasteiger partial charge in [-0.25, -0.2) is 4.79 Å². The zero-order valence-electron chi connectivity index (χ0n) is 12.1. The number of aromatic amines is 1.